The highest BCUT2D eigenvalue weighted by Gasteiger charge is 2.41. The fourth-order valence-corrected chi connectivity index (χ4v) is 3.74. The molecule has 4 heterocycles. The molecule has 0 radical (unpaired) electrons. The zero-order valence-electron chi connectivity index (χ0n) is 15.3. The summed E-state index contributed by atoms with van der Waals surface area (Å²) in [5, 5.41) is 11.4. The Hall–Kier alpha value is -3.20. The summed E-state index contributed by atoms with van der Waals surface area (Å²) in [6.07, 6.45) is 5.24. The van der Waals surface area contributed by atoms with Crippen LogP contribution in [0.1, 0.15) is 18.7 Å². The maximum atomic E-state index is 14.1. The average Bonchev–Trinajstić information content (AvgIpc) is 3.27. The molecule has 1 aromatic heterocycles. The Morgan fingerprint density at radius 1 is 1.32 bits per heavy atom. The molecule has 3 aliphatic heterocycles. The number of aromatic nitrogens is 3. The minimum absolute atomic E-state index is 0.123. The number of benzene rings is 1. The van der Waals surface area contributed by atoms with E-state index in [0.717, 1.165) is 16.8 Å². The van der Waals surface area contributed by atoms with E-state index in [2.05, 4.69) is 31.7 Å². The molecule has 3 N–H and O–H groups in total. The summed E-state index contributed by atoms with van der Waals surface area (Å²) in [6, 6.07) is 6.36. The monoisotopic (exact) mass is 381 g/mol. The molecule has 5 rings (SSSR count). The minimum atomic E-state index is -0.346. The van der Waals surface area contributed by atoms with Crippen molar-refractivity contribution in [1.29, 1.82) is 0 Å². The average molecular weight is 381 g/mol. The summed E-state index contributed by atoms with van der Waals surface area (Å²) in [7, 11) is 0. The van der Waals surface area contributed by atoms with E-state index < -0.39 is 0 Å². The van der Waals surface area contributed by atoms with Gasteiger partial charge in [-0.3, -0.25) is 0 Å². The van der Waals surface area contributed by atoms with Gasteiger partial charge in [0.2, 0.25) is 0 Å². The molecule has 144 valence electrons. The van der Waals surface area contributed by atoms with Gasteiger partial charge in [-0.2, -0.15) is 0 Å². The van der Waals surface area contributed by atoms with Crippen LogP contribution in [0.15, 0.2) is 58.6 Å². The van der Waals surface area contributed by atoms with Crippen molar-refractivity contribution in [2.45, 2.75) is 19.1 Å². The second-order valence-corrected chi connectivity index (χ2v) is 7.10. The standard InChI is InChI=1S/C19H20FN7O/c1-11(15-7-27(25-24-15)16-5-3-2-4-14(16)20)26-6-13(12-8-28-9-12)17-18(21)22-10-23-19(17)26/h2-7,10-12,19H,8-9,21H2,1H3,(H,22,23). The minimum Gasteiger partial charge on any atom is -0.385 e. The van der Waals surface area contributed by atoms with E-state index in [9.17, 15) is 4.39 Å². The van der Waals surface area contributed by atoms with Crippen molar-refractivity contribution in [2.24, 2.45) is 16.6 Å². The van der Waals surface area contributed by atoms with Crippen molar-refractivity contribution in [2.75, 3.05) is 13.2 Å². The van der Waals surface area contributed by atoms with Crippen LogP contribution < -0.4 is 11.1 Å². The molecule has 2 aromatic rings. The molecule has 3 aliphatic rings. The number of nitrogens with zero attached hydrogens (tertiary/aromatic N) is 5. The molecule has 2 atom stereocenters. The van der Waals surface area contributed by atoms with E-state index >= 15 is 0 Å². The molecule has 9 heteroatoms. The van der Waals surface area contributed by atoms with Gasteiger partial charge < -0.3 is 20.7 Å². The van der Waals surface area contributed by atoms with Crippen LogP contribution >= 0.6 is 0 Å². The van der Waals surface area contributed by atoms with Crippen LogP contribution in [0, 0.1) is 11.7 Å². The fraction of sp³-hybridized carbons (Fsp3) is 0.316. The number of para-hydroxylation sites is 1. The molecule has 0 spiro atoms. The summed E-state index contributed by atoms with van der Waals surface area (Å²) in [5.74, 6) is 0.584. The quantitative estimate of drug-likeness (QED) is 0.833. The number of ether oxygens (including phenoxy) is 1. The first-order valence-corrected chi connectivity index (χ1v) is 9.15. The van der Waals surface area contributed by atoms with Crippen molar-refractivity contribution in [1.82, 2.24) is 25.2 Å². The van der Waals surface area contributed by atoms with Gasteiger partial charge in [-0.1, -0.05) is 17.3 Å². The summed E-state index contributed by atoms with van der Waals surface area (Å²) in [4.78, 5) is 6.70. The van der Waals surface area contributed by atoms with Gasteiger partial charge >= 0.3 is 0 Å². The number of nitrogens with one attached hydrogen (secondary N) is 1. The molecule has 1 aromatic carbocycles. The maximum Gasteiger partial charge on any atom is 0.152 e. The van der Waals surface area contributed by atoms with Gasteiger partial charge in [0.15, 0.2) is 6.17 Å². The molecule has 0 aliphatic carbocycles. The lowest BCUT2D eigenvalue weighted by atomic mass is 9.91. The number of rotatable bonds is 4. The van der Waals surface area contributed by atoms with Crippen LogP contribution in [0.2, 0.25) is 0 Å². The zero-order valence-corrected chi connectivity index (χ0v) is 15.3. The van der Waals surface area contributed by atoms with Crippen LogP contribution in [0.4, 0.5) is 4.39 Å². The second kappa shape index (κ2) is 6.45. The van der Waals surface area contributed by atoms with Crippen LogP contribution in [0.25, 0.3) is 5.69 Å². The number of hydrogen-bond donors (Lipinski definition) is 2. The van der Waals surface area contributed by atoms with Crippen molar-refractivity contribution in [3.8, 4) is 5.69 Å². The summed E-state index contributed by atoms with van der Waals surface area (Å²) in [6.45, 7) is 3.40. The lowest BCUT2D eigenvalue weighted by molar-refractivity contribution is -0.0122. The molecule has 0 bridgehead atoms. The van der Waals surface area contributed by atoms with E-state index in [1.54, 1.807) is 30.7 Å². The Kier molecular flexibility index (Phi) is 3.90. The molecule has 8 nitrogen and oxygen atoms in total. The number of fused-ring (bicyclic) bond motifs is 1. The molecular formula is C19H20FN7O. The molecular weight excluding hydrogens is 361 g/mol. The zero-order chi connectivity index (χ0) is 19.3. The summed E-state index contributed by atoms with van der Waals surface area (Å²) in [5.41, 5.74) is 9.44. The summed E-state index contributed by atoms with van der Waals surface area (Å²) >= 11 is 0. The SMILES string of the molecule is CC(c1cn(-c2ccccc2F)nn1)N1C=C(C2COC2)C2=C(N)NC=NC21. The predicted octanol–water partition coefficient (Wildman–Crippen LogP) is 1.44. The van der Waals surface area contributed by atoms with Crippen molar-refractivity contribution < 1.29 is 9.13 Å². The first-order chi connectivity index (χ1) is 13.6. The van der Waals surface area contributed by atoms with Crippen LogP contribution in [0.5, 0.6) is 0 Å². The Labute approximate surface area is 161 Å². The van der Waals surface area contributed by atoms with Gasteiger partial charge in [-0.05, 0) is 24.6 Å². The van der Waals surface area contributed by atoms with Gasteiger partial charge in [-0.25, -0.2) is 14.1 Å². The number of hydrogen-bond acceptors (Lipinski definition) is 7. The Balaban J connectivity index is 1.47. The lowest BCUT2D eigenvalue weighted by Crippen LogP contribution is -2.38. The van der Waals surface area contributed by atoms with Gasteiger partial charge in [0.25, 0.3) is 0 Å². The van der Waals surface area contributed by atoms with E-state index in [1.807, 2.05) is 6.92 Å². The van der Waals surface area contributed by atoms with E-state index in [4.69, 9.17) is 10.5 Å². The van der Waals surface area contributed by atoms with Crippen molar-refractivity contribution >= 4 is 6.34 Å². The molecule has 2 unspecified atom stereocenters. The highest BCUT2D eigenvalue weighted by molar-refractivity contribution is 5.64. The van der Waals surface area contributed by atoms with Gasteiger partial charge in [0.05, 0.1) is 31.8 Å². The highest BCUT2D eigenvalue weighted by Crippen LogP contribution is 2.41. The van der Waals surface area contributed by atoms with E-state index in [-0.39, 0.29) is 18.0 Å². The first-order valence-electron chi connectivity index (χ1n) is 9.15. The van der Waals surface area contributed by atoms with Crippen LogP contribution in [0.3, 0.4) is 0 Å². The second-order valence-electron chi connectivity index (χ2n) is 7.10. The topological polar surface area (TPSA) is 93.6 Å². The fourth-order valence-electron chi connectivity index (χ4n) is 3.74. The van der Waals surface area contributed by atoms with Crippen LogP contribution in [-0.2, 0) is 4.74 Å². The molecule has 0 saturated carbocycles. The third kappa shape index (κ3) is 2.58. The third-order valence-corrected chi connectivity index (χ3v) is 5.43. The smallest absolute Gasteiger partial charge is 0.152 e. The predicted molar refractivity (Wildman–Crippen MR) is 101 cm³/mol. The Morgan fingerprint density at radius 3 is 2.89 bits per heavy atom. The molecule has 0 amide bonds. The highest BCUT2D eigenvalue weighted by atomic mass is 19.1. The van der Waals surface area contributed by atoms with Gasteiger partial charge in [0.1, 0.15) is 23.0 Å². The third-order valence-electron chi connectivity index (χ3n) is 5.43. The van der Waals surface area contributed by atoms with Gasteiger partial charge in [-0.15, -0.1) is 5.10 Å². The van der Waals surface area contributed by atoms with Crippen molar-refractivity contribution in [3.63, 3.8) is 0 Å². The van der Waals surface area contributed by atoms with Crippen LogP contribution in [-0.4, -0.2) is 45.6 Å². The number of aliphatic imine (C=N–C) groups is 1. The van der Waals surface area contributed by atoms with Gasteiger partial charge in [0, 0.05) is 17.7 Å². The largest absolute Gasteiger partial charge is 0.385 e. The van der Waals surface area contributed by atoms with Crippen molar-refractivity contribution in [3.05, 3.63) is 65.1 Å². The van der Waals surface area contributed by atoms with E-state index in [0.29, 0.717) is 30.6 Å². The number of halogens is 1. The van der Waals surface area contributed by atoms with E-state index in [1.165, 1.54) is 10.7 Å². The Morgan fingerprint density at radius 2 is 2.14 bits per heavy atom. The Bertz CT molecular complexity index is 1010. The number of nitrogens with two attached hydrogens (primary N) is 1. The molecule has 1 fully saturated rings. The summed E-state index contributed by atoms with van der Waals surface area (Å²) < 4.78 is 20.9. The first kappa shape index (κ1) is 16.9. The molecule has 1 saturated heterocycles. The molecule has 28 heavy (non-hydrogen) atoms. The lowest BCUT2D eigenvalue weighted by Gasteiger charge is -2.31. The maximum absolute atomic E-state index is 14.1. The normalized spacial score (nSPS) is 22.6.